The van der Waals surface area contributed by atoms with Gasteiger partial charge in [-0.25, -0.2) is 0 Å². The first kappa shape index (κ1) is 6.81. The molecule has 0 aromatic heterocycles. The fourth-order valence-electron chi connectivity index (χ4n) is 1.24. The van der Waals surface area contributed by atoms with Gasteiger partial charge in [-0.1, -0.05) is 12.2 Å². The number of ether oxygens (including phenoxy) is 1. The normalized spacial score (nSPS) is 22.6. The Balaban J connectivity index is 2.26. The summed E-state index contributed by atoms with van der Waals surface area (Å²) in [5, 5.41) is 0. The zero-order chi connectivity index (χ0) is 6.69. The number of hydrogen-bond acceptors (Lipinski definition) is 1. The van der Waals surface area contributed by atoms with Crippen molar-refractivity contribution in [3.63, 3.8) is 0 Å². The van der Waals surface area contributed by atoms with E-state index in [9.17, 15) is 0 Å². The Labute approximate surface area is 56.7 Å². The predicted molar refractivity (Wildman–Crippen MR) is 38.4 cm³/mol. The Morgan fingerprint density at radius 1 is 1.44 bits per heavy atom. The molecule has 0 atom stereocenters. The van der Waals surface area contributed by atoms with Crippen LogP contribution in [0, 0.1) is 0 Å². The van der Waals surface area contributed by atoms with Crippen LogP contribution in [-0.2, 0) is 4.74 Å². The number of hydrogen-bond donors (Lipinski definition) is 0. The average Bonchev–Trinajstić information content (AvgIpc) is 1.90. The van der Waals surface area contributed by atoms with E-state index in [-0.39, 0.29) is 0 Å². The van der Waals surface area contributed by atoms with Gasteiger partial charge in [0.15, 0.2) is 0 Å². The number of methoxy groups -OCH3 is 1. The summed E-state index contributed by atoms with van der Waals surface area (Å²) in [6, 6.07) is 0. The van der Waals surface area contributed by atoms with Crippen LogP contribution in [0.25, 0.3) is 0 Å². The van der Waals surface area contributed by atoms with Crippen molar-refractivity contribution < 1.29 is 4.74 Å². The van der Waals surface area contributed by atoms with Crippen LogP contribution in [-0.4, -0.2) is 13.2 Å². The summed E-state index contributed by atoms with van der Waals surface area (Å²) >= 11 is 0. The van der Waals surface area contributed by atoms with Crippen molar-refractivity contribution in [2.24, 2.45) is 0 Å². The Morgan fingerprint density at radius 2 is 2.00 bits per heavy atom. The molecule has 0 aliphatic heterocycles. The smallest absolute Gasteiger partial charge is 0.0577 e. The number of allylic oxidation sites excluding steroid dienone is 1. The zero-order valence-electron chi connectivity index (χ0n) is 6.02. The van der Waals surface area contributed by atoms with E-state index in [1.807, 2.05) is 0 Å². The molecule has 9 heavy (non-hydrogen) atoms. The van der Waals surface area contributed by atoms with E-state index in [0.717, 1.165) is 0 Å². The van der Waals surface area contributed by atoms with Crippen molar-refractivity contribution in [2.75, 3.05) is 7.11 Å². The lowest BCUT2D eigenvalue weighted by Crippen LogP contribution is -2.14. The van der Waals surface area contributed by atoms with Gasteiger partial charge in [0.2, 0.25) is 0 Å². The van der Waals surface area contributed by atoms with Crippen LogP contribution in [0.2, 0.25) is 0 Å². The molecule has 1 aliphatic carbocycles. The molecular weight excluding hydrogens is 112 g/mol. The molecule has 0 aromatic carbocycles. The molecule has 0 N–H and O–H groups in total. The fourth-order valence-corrected chi connectivity index (χ4v) is 1.24. The van der Waals surface area contributed by atoms with Crippen LogP contribution < -0.4 is 0 Å². The lowest BCUT2D eigenvalue weighted by atomic mass is 9.94. The first-order chi connectivity index (χ1) is 4.33. The van der Waals surface area contributed by atoms with Crippen molar-refractivity contribution in [3.05, 3.63) is 12.2 Å². The van der Waals surface area contributed by atoms with Crippen LogP contribution in [0.4, 0.5) is 0 Å². The summed E-state index contributed by atoms with van der Waals surface area (Å²) in [6.45, 7) is 3.93. The Hall–Kier alpha value is -0.300. The second-order valence-corrected chi connectivity index (χ2v) is 2.69. The molecule has 0 aromatic rings. The molecule has 1 aliphatic rings. The highest BCUT2D eigenvalue weighted by molar-refractivity contribution is 4.98. The standard InChI is InChI=1S/C8H14O/c1-7-3-5-8(9-2)6-4-7/h8H,1,3-6H2,2H3. The van der Waals surface area contributed by atoms with E-state index in [0.29, 0.717) is 6.10 Å². The third-order valence-electron chi connectivity index (χ3n) is 1.97. The monoisotopic (exact) mass is 126 g/mol. The topological polar surface area (TPSA) is 9.23 Å². The largest absolute Gasteiger partial charge is 0.381 e. The SMILES string of the molecule is C=C1CCC(OC)CC1. The third kappa shape index (κ3) is 1.83. The quantitative estimate of drug-likeness (QED) is 0.489. The van der Waals surface area contributed by atoms with Gasteiger partial charge in [-0.05, 0) is 25.7 Å². The molecule has 1 rings (SSSR count). The van der Waals surface area contributed by atoms with Gasteiger partial charge in [0.25, 0.3) is 0 Å². The minimum Gasteiger partial charge on any atom is -0.381 e. The van der Waals surface area contributed by atoms with Gasteiger partial charge < -0.3 is 4.74 Å². The second-order valence-electron chi connectivity index (χ2n) is 2.69. The minimum atomic E-state index is 0.510. The molecule has 1 heteroatoms. The highest BCUT2D eigenvalue weighted by Crippen LogP contribution is 2.23. The van der Waals surface area contributed by atoms with Gasteiger partial charge in [-0.3, -0.25) is 0 Å². The lowest BCUT2D eigenvalue weighted by molar-refractivity contribution is 0.0803. The lowest BCUT2D eigenvalue weighted by Gasteiger charge is -2.21. The van der Waals surface area contributed by atoms with Crippen molar-refractivity contribution in [1.82, 2.24) is 0 Å². The molecule has 1 fully saturated rings. The zero-order valence-corrected chi connectivity index (χ0v) is 6.02. The molecular formula is C8H14O. The maximum Gasteiger partial charge on any atom is 0.0577 e. The van der Waals surface area contributed by atoms with Crippen LogP contribution in [0.3, 0.4) is 0 Å². The van der Waals surface area contributed by atoms with E-state index in [1.54, 1.807) is 7.11 Å². The second kappa shape index (κ2) is 3.02. The summed E-state index contributed by atoms with van der Waals surface area (Å²) in [4.78, 5) is 0. The fraction of sp³-hybridized carbons (Fsp3) is 0.750. The Bertz CT molecular complexity index is 97.1. The van der Waals surface area contributed by atoms with E-state index in [2.05, 4.69) is 6.58 Å². The molecule has 52 valence electrons. The van der Waals surface area contributed by atoms with Gasteiger partial charge in [0, 0.05) is 7.11 Å². The third-order valence-corrected chi connectivity index (χ3v) is 1.97. The van der Waals surface area contributed by atoms with Crippen LogP contribution in [0.15, 0.2) is 12.2 Å². The minimum absolute atomic E-state index is 0.510. The van der Waals surface area contributed by atoms with Crippen LogP contribution >= 0.6 is 0 Å². The molecule has 0 radical (unpaired) electrons. The van der Waals surface area contributed by atoms with E-state index >= 15 is 0 Å². The molecule has 1 nitrogen and oxygen atoms in total. The van der Waals surface area contributed by atoms with Gasteiger partial charge in [0.05, 0.1) is 6.10 Å². The molecule has 1 saturated carbocycles. The highest BCUT2D eigenvalue weighted by atomic mass is 16.5. The Morgan fingerprint density at radius 3 is 2.44 bits per heavy atom. The summed E-state index contributed by atoms with van der Waals surface area (Å²) in [5.74, 6) is 0. The van der Waals surface area contributed by atoms with Crippen molar-refractivity contribution in [3.8, 4) is 0 Å². The van der Waals surface area contributed by atoms with Gasteiger partial charge in [-0.2, -0.15) is 0 Å². The molecule has 0 saturated heterocycles. The van der Waals surface area contributed by atoms with Gasteiger partial charge in [-0.15, -0.1) is 0 Å². The maximum absolute atomic E-state index is 5.20. The molecule has 0 unspecified atom stereocenters. The maximum atomic E-state index is 5.20. The van der Waals surface area contributed by atoms with Gasteiger partial charge >= 0.3 is 0 Å². The van der Waals surface area contributed by atoms with E-state index in [1.165, 1.54) is 31.3 Å². The van der Waals surface area contributed by atoms with Crippen molar-refractivity contribution >= 4 is 0 Å². The molecule has 0 amide bonds. The summed E-state index contributed by atoms with van der Waals surface area (Å²) in [7, 11) is 1.79. The first-order valence-electron chi connectivity index (χ1n) is 3.52. The van der Waals surface area contributed by atoms with Gasteiger partial charge in [0.1, 0.15) is 0 Å². The summed E-state index contributed by atoms with van der Waals surface area (Å²) in [6.07, 6.45) is 5.19. The van der Waals surface area contributed by atoms with Crippen molar-refractivity contribution in [1.29, 1.82) is 0 Å². The summed E-state index contributed by atoms with van der Waals surface area (Å²) < 4.78 is 5.20. The van der Waals surface area contributed by atoms with Crippen LogP contribution in [0.5, 0.6) is 0 Å². The highest BCUT2D eigenvalue weighted by Gasteiger charge is 2.13. The van der Waals surface area contributed by atoms with Crippen LogP contribution in [0.1, 0.15) is 25.7 Å². The predicted octanol–water partition coefficient (Wildman–Crippen LogP) is 2.13. The van der Waals surface area contributed by atoms with E-state index in [4.69, 9.17) is 4.74 Å². The molecule has 0 spiro atoms. The summed E-state index contributed by atoms with van der Waals surface area (Å²) in [5.41, 5.74) is 1.39. The van der Waals surface area contributed by atoms with Crippen molar-refractivity contribution in [2.45, 2.75) is 31.8 Å². The average molecular weight is 126 g/mol. The van der Waals surface area contributed by atoms with E-state index < -0.39 is 0 Å². The first-order valence-corrected chi connectivity index (χ1v) is 3.52. The molecule has 0 bridgehead atoms. The Kier molecular flexibility index (Phi) is 2.29. The molecule has 0 heterocycles. The number of rotatable bonds is 1.